The van der Waals surface area contributed by atoms with E-state index in [1.165, 1.54) is 27.8 Å². The topological polar surface area (TPSA) is 57.7 Å². The Morgan fingerprint density at radius 2 is 1.76 bits per heavy atom. The normalized spacial score (nSPS) is 15.7. The molecule has 4 rings (SSSR count). The fraction of sp³-hybridized carbons (Fsp3) is 0.286. The lowest BCUT2D eigenvalue weighted by molar-refractivity contribution is 0.0702. The van der Waals surface area contributed by atoms with Crippen molar-refractivity contribution in [2.24, 2.45) is 0 Å². The molecule has 152 valence electrons. The number of aryl methyl sites for hydroxylation is 1. The molecule has 2 aromatic carbocycles. The van der Waals surface area contributed by atoms with Crippen LogP contribution in [0.5, 0.6) is 0 Å². The molecule has 3 aromatic rings. The Morgan fingerprint density at radius 1 is 1.07 bits per heavy atom. The molecule has 8 heteroatoms. The van der Waals surface area contributed by atoms with Crippen molar-refractivity contribution < 1.29 is 17.6 Å². The number of amides is 1. The first-order chi connectivity index (χ1) is 13.8. The Morgan fingerprint density at radius 3 is 2.45 bits per heavy atom. The summed E-state index contributed by atoms with van der Waals surface area (Å²) in [5.74, 6) is -0.484. The average molecular weight is 433 g/mol. The van der Waals surface area contributed by atoms with Crippen LogP contribution in [-0.4, -0.2) is 49.7 Å². The highest BCUT2D eigenvalue weighted by atomic mass is 32.2. The molecule has 0 N–H and O–H groups in total. The number of rotatable bonds is 4. The van der Waals surface area contributed by atoms with Crippen molar-refractivity contribution >= 4 is 37.4 Å². The number of hydrogen-bond donors (Lipinski definition) is 0. The molecule has 0 spiro atoms. The van der Waals surface area contributed by atoms with E-state index < -0.39 is 10.0 Å². The van der Waals surface area contributed by atoms with Crippen LogP contribution >= 0.6 is 11.3 Å². The first-order valence-corrected chi connectivity index (χ1v) is 11.8. The van der Waals surface area contributed by atoms with Crippen molar-refractivity contribution in [2.45, 2.75) is 12.7 Å². The van der Waals surface area contributed by atoms with Gasteiger partial charge in [0.1, 0.15) is 5.82 Å². The molecule has 5 nitrogen and oxygen atoms in total. The van der Waals surface area contributed by atoms with Crippen LogP contribution in [0.4, 0.5) is 4.39 Å². The number of halogens is 1. The second-order valence-electron chi connectivity index (χ2n) is 7.13. The van der Waals surface area contributed by atoms with E-state index in [1.807, 2.05) is 25.1 Å². The minimum atomic E-state index is -3.43. The Hall–Kier alpha value is -2.29. The molecule has 1 saturated heterocycles. The summed E-state index contributed by atoms with van der Waals surface area (Å²) in [6.07, 6.45) is 0. The van der Waals surface area contributed by atoms with Crippen molar-refractivity contribution in [3.8, 4) is 0 Å². The zero-order chi connectivity index (χ0) is 20.6. The highest BCUT2D eigenvalue weighted by Crippen LogP contribution is 2.32. The molecule has 0 atom stereocenters. The molecule has 0 unspecified atom stereocenters. The highest BCUT2D eigenvalue weighted by molar-refractivity contribution is 7.88. The SMILES string of the molecule is Cc1c(C(=O)N2CCN(S(=O)(=O)Cc3ccccc3)CC2)sc2ccc(F)cc12. The average Bonchev–Trinajstić information content (AvgIpc) is 3.04. The number of sulfonamides is 1. The van der Waals surface area contributed by atoms with Gasteiger partial charge in [0.25, 0.3) is 5.91 Å². The first kappa shape index (κ1) is 20.0. The Bertz CT molecular complexity index is 1150. The third kappa shape index (κ3) is 4.05. The van der Waals surface area contributed by atoms with Crippen LogP contribution in [0.15, 0.2) is 48.5 Å². The molecule has 1 aliphatic heterocycles. The lowest BCUT2D eigenvalue weighted by Crippen LogP contribution is -2.50. The maximum Gasteiger partial charge on any atom is 0.264 e. The van der Waals surface area contributed by atoms with Crippen LogP contribution < -0.4 is 0 Å². The smallest absolute Gasteiger partial charge is 0.264 e. The summed E-state index contributed by atoms with van der Waals surface area (Å²) in [5, 5.41) is 0.752. The van der Waals surface area contributed by atoms with E-state index in [2.05, 4.69) is 0 Å². The zero-order valence-corrected chi connectivity index (χ0v) is 17.6. The van der Waals surface area contributed by atoms with Gasteiger partial charge in [-0.2, -0.15) is 4.31 Å². The minimum Gasteiger partial charge on any atom is -0.335 e. The largest absolute Gasteiger partial charge is 0.335 e. The van der Waals surface area contributed by atoms with Crippen LogP contribution in [0.3, 0.4) is 0 Å². The second-order valence-corrected chi connectivity index (χ2v) is 10.2. The van der Waals surface area contributed by atoms with Gasteiger partial charge in [0.15, 0.2) is 0 Å². The quantitative estimate of drug-likeness (QED) is 0.633. The number of carbonyl (C=O) groups is 1. The van der Waals surface area contributed by atoms with Crippen molar-refractivity contribution in [1.82, 2.24) is 9.21 Å². The fourth-order valence-electron chi connectivity index (χ4n) is 3.59. The Balaban J connectivity index is 1.46. The van der Waals surface area contributed by atoms with E-state index in [0.717, 1.165) is 21.2 Å². The predicted molar refractivity (Wildman–Crippen MR) is 113 cm³/mol. The standard InChI is InChI=1S/C21H21FN2O3S2/c1-15-18-13-17(22)7-8-19(18)28-20(15)21(25)23-9-11-24(12-10-23)29(26,27)14-16-5-3-2-4-6-16/h2-8,13H,9-12,14H2,1H3. The summed E-state index contributed by atoms with van der Waals surface area (Å²) in [6.45, 7) is 3.06. The Labute approximate surface area is 173 Å². The van der Waals surface area contributed by atoms with Crippen LogP contribution in [0.25, 0.3) is 10.1 Å². The number of nitrogens with zero attached hydrogens (tertiary/aromatic N) is 2. The number of carbonyl (C=O) groups excluding carboxylic acids is 1. The van der Waals surface area contributed by atoms with Crippen molar-refractivity contribution in [1.29, 1.82) is 0 Å². The Kier molecular flexibility index (Phi) is 5.42. The van der Waals surface area contributed by atoms with Crippen LogP contribution in [0, 0.1) is 12.7 Å². The lowest BCUT2D eigenvalue weighted by atomic mass is 10.1. The van der Waals surface area contributed by atoms with Crippen molar-refractivity contribution in [3.63, 3.8) is 0 Å². The van der Waals surface area contributed by atoms with Gasteiger partial charge in [-0.3, -0.25) is 4.79 Å². The van der Waals surface area contributed by atoms with Gasteiger partial charge in [-0.25, -0.2) is 12.8 Å². The summed E-state index contributed by atoms with van der Waals surface area (Å²) in [7, 11) is -3.43. The van der Waals surface area contributed by atoms with E-state index in [9.17, 15) is 17.6 Å². The van der Waals surface area contributed by atoms with E-state index in [0.29, 0.717) is 18.0 Å². The number of fused-ring (bicyclic) bond motifs is 1. The second kappa shape index (κ2) is 7.85. The van der Waals surface area contributed by atoms with Gasteiger partial charge >= 0.3 is 0 Å². The van der Waals surface area contributed by atoms with Gasteiger partial charge in [0.05, 0.1) is 10.6 Å². The molecule has 1 amide bonds. The molecule has 0 aliphatic carbocycles. The number of hydrogen-bond acceptors (Lipinski definition) is 4. The van der Waals surface area contributed by atoms with E-state index in [1.54, 1.807) is 23.1 Å². The zero-order valence-electron chi connectivity index (χ0n) is 16.0. The maximum atomic E-state index is 13.5. The summed E-state index contributed by atoms with van der Waals surface area (Å²) in [5.41, 5.74) is 1.52. The number of benzene rings is 2. The van der Waals surface area contributed by atoms with Crippen molar-refractivity contribution in [3.05, 3.63) is 70.4 Å². The van der Waals surface area contributed by atoms with Gasteiger partial charge in [0, 0.05) is 30.9 Å². The van der Waals surface area contributed by atoms with Crippen LogP contribution in [0.1, 0.15) is 20.8 Å². The molecule has 29 heavy (non-hydrogen) atoms. The van der Waals surface area contributed by atoms with Gasteiger partial charge in [0.2, 0.25) is 10.0 Å². The van der Waals surface area contributed by atoms with E-state index in [4.69, 9.17) is 0 Å². The maximum absolute atomic E-state index is 13.5. The molecule has 1 fully saturated rings. The minimum absolute atomic E-state index is 0.0389. The van der Waals surface area contributed by atoms with Gasteiger partial charge < -0.3 is 4.90 Å². The highest BCUT2D eigenvalue weighted by Gasteiger charge is 2.30. The summed E-state index contributed by atoms with van der Waals surface area (Å²) in [6, 6.07) is 13.6. The number of piperazine rings is 1. The van der Waals surface area contributed by atoms with Crippen LogP contribution in [0.2, 0.25) is 0 Å². The number of thiophene rings is 1. The van der Waals surface area contributed by atoms with Gasteiger partial charge in [-0.05, 0) is 41.6 Å². The molecule has 1 aliphatic rings. The summed E-state index contributed by atoms with van der Waals surface area (Å²) in [4.78, 5) is 15.3. The molecule has 0 radical (unpaired) electrons. The molecule has 1 aromatic heterocycles. The third-order valence-electron chi connectivity index (χ3n) is 5.20. The molecular formula is C21H21FN2O3S2. The molecule has 0 saturated carbocycles. The fourth-order valence-corrected chi connectivity index (χ4v) is 6.26. The van der Waals surface area contributed by atoms with Crippen LogP contribution in [-0.2, 0) is 15.8 Å². The summed E-state index contributed by atoms with van der Waals surface area (Å²) < 4.78 is 41.3. The van der Waals surface area contributed by atoms with E-state index in [-0.39, 0.29) is 30.6 Å². The predicted octanol–water partition coefficient (Wildman–Crippen LogP) is 3.64. The first-order valence-electron chi connectivity index (χ1n) is 9.35. The summed E-state index contributed by atoms with van der Waals surface area (Å²) >= 11 is 1.35. The third-order valence-corrected chi connectivity index (χ3v) is 8.31. The lowest BCUT2D eigenvalue weighted by Gasteiger charge is -2.34. The molecule has 2 heterocycles. The molecular weight excluding hydrogens is 411 g/mol. The molecule has 0 bridgehead atoms. The monoisotopic (exact) mass is 432 g/mol. The van der Waals surface area contributed by atoms with Gasteiger partial charge in [-0.15, -0.1) is 11.3 Å². The van der Waals surface area contributed by atoms with Crippen molar-refractivity contribution in [2.75, 3.05) is 26.2 Å². The van der Waals surface area contributed by atoms with Gasteiger partial charge in [-0.1, -0.05) is 30.3 Å². The van der Waals surface area contributed by atoms with E-state index >= 15 is 0 Å².